The maximum absolute atomic E-state index is 5.87. The van der Waals surface area contributed by atoms with Crippen LogP contribution in [-0.2, 0) is 0 Å². The zero-order chi connectivity index (χ0) is 14.3. The van der Waals surface area contributed by atoms with Gasteiger partial charge in [0.1, 0.15) is 0 Å². The largest absolute Gasteiger partial charge is 0.399 e. The Bertz CT molecular complexity index is 623. The molecule has 2 heterocycles. The van der Waals surface area contributed by atoms with Gasteiger partial charge in [-0.1, -0.05) is 13.8 Å². The molecule has 0 aliphatic carbocycles. The Morgan fingerprint density at radius 3 is 2.80 bits per heavy atom. The molecule has 3 atom stereocenters. The van der Waals surface area contributed by atoms with E-state index in [2.05, 4.69) is 42.8 Å². The number of pyridine rings is 1. The fourth-order valence-electron chi connectivity index (χ4n) is 3.43. The van der Waals surface area contributed by atoms with E-state index in [4.69, 9.17) is 5.73 Å². The molecule has 2 aromatic rings. The molecule has 1 aliphatic rings. The van der Waals surface area contributed by atoms with E-state index in [0.29, 0.717) is 6.04 Å². The van der Waals surface area contributed by atoms with Crippen LogP contribution in [0, 0.1) is 11.8 Å². The smallest absolute Gasteiger partial charge is 0.0743 e. The van der Waals surface area contributed by atoms with Crippen LogP contribution in [0.4, 0.5) is 11.4 Å². The number of benzene rings is 1. The van der Waals surface area contributed by atoms with Crippen LogP contribution in [0.3, 0.4) is 0 Å². The number of rotatable bonds is 1. The van der Waals surface area contributed by atoms with Gasteiger partial charge in [0.2, 0.25) is 0 Å². The van der Waals surface area contributed by atoms with Crippen molar-refractivity contribution in [1.29, 1.82) is 0 Å². The first-order chi connectivity index (χ1) is 9.56. The van der Waals surface area contributed by atoms with Crippen molar-refractivity contribution >= 4 is 22.3 Å². The maximum atomic E-state index is 5.87. The molecule has 20 heavy (non-hydrogen) atoms. The molecule has 3 nitrogen and oxygen atoms in total. The number of anilines is 2. The summed E-state index contributed by atoms with van der Waals surface area (Å²) in [4.78, 5) is 6.99. The van der Waals surface area contributed by atoms with Gasteiger partial charge in [-0.3, -0.25) is 4.98 Å². The zero-order valence-corrected chi connectivity index (χ0v) is 12.5. The first-order valence-corrected chi connectivity index (χ1v) is 7.47. The van der Waals surface area contributed by atoms with Gasteiger partial charge in [-0.05, 0) is 49.4 Å². The average Bonchev–Trinajstić information content (AvgIpc) is 2.42. The Kier molecular flexibility index (Phi) is 3.28. The third-order valence-electron chi connectivity index (χ3n) is 4.65. The van der Waals surface area contributed by atoms with E-state index in [1.54, 1.807) is 0 Å². The second-order valence-corrected chi connectivity index (χ2v) is 6.32. The summed E-state index contributed by atoms with van der Waals surface area (Å²) in [7, 11) is 0. The second kappa shape index (κ2) is 4.97. The van der Waals surface area contributed by atoms with Crippen LogP contribution in [0.2, 0.25) is 0 Å². The summed E-state index contributed by atoms with van der Waals surface area (Å²) in [6.45, 7) is 8.15. The number of hydrogen-bond donors (Lipinski definition) is 1. The summed E-state index contributed by atoms with van der Waals surface area (Å²) in [5.74, 6) is 1.45. The number of aromatic nitrogens is 1. The summed E-state index contributed by atoms with van der Waals surface area (Å²) in [5, 5.41) is 1.20. The summed E-state index contributed by atoms with van der Waals surface area (Å²) < 4.78 is 0. The van der Waals surface area contributed by atoms with Gasteiger partial charge >= 0.3 is 0 Å². The molecule has 3 unspecified atom stereocenters. The Morgan fingerprint density at radius 1 is 1.20 bits per heavy atom. The highest BCUT2D eigenvalue weighted by molar-refractivity contribution is 5.93. The van der Waals surface area contributed by atoms with Gasteiger partial charge in [0.15, 0.2) is 0 Å². The highest BCUT2D eigenvalue weighted by atomic mass is 15.2. The lowest BCUT2D eigenvalue weighted by Crippen LogP contribution is -2.45. The monoisotopic (exact) mass is 269 g/mol. The van der Waals surface area contributed by atoms with Crippen LogP contribution in [0.1, 0.15) is 27.2 Å². The average molecular weight is 269 g/mol. The molecule has 0 amide bonds. The fourth-order valence-corrected chi connectivity index (χ4v) is 3.43. The Morgan fingerprint density at radius 2 is 2.00 bits per heavy atom. The summed E-state index contributed by atoms with van der Waals surface area (Å²) in [5.41, 5.74) is 8.92. The van der Waals surface area contributed by atoms with E-state index in [9.17, 15) is 0 Å². The quantitative estimate of drug-likeness (QED) is 0.803. The van der Waals surface area contributed by atoms with Crippen LogP contribution in [0.5, 0.6) is 0 Å². The topological polar surface area (TPSA) is 42.2 Å². The minimum absolute atomic E-state index is 0.564. The first-order valence-electron chi connectivity index (χ1n) is 7.47. The lowest BCUT2D eigenvalue weighted by molar-refractivity contribution is 0.297. The molecule has 1 saturated heterocycles. The molecule has 2 N–H and O–H groups in total. The predicted octanol–water partition coefficient (Wildman–Crippen LogP) is 3.69. The van der Waals surface area contributed by atoms with Crippen LogP contribution in [-0.4, -0.2) is 17.6 Å². The molecule has 0 saturated carbocycles. The highest BCUT2D eigenvalue weighted by Crippen LogP contribution is 2.35. The first kappa shape index (κ1) is 13.2. The molecule has 1 aromatic carbocycles. The van der Waals surface area contributed by atoms with Gasteiger partial charge in [0.25, 0.3) is 0 Å². The molecule has 106 valence electrons. The van der Waals surface area contributed by atoms with Crippen molar-refractivity contribution in [2.24, 2.45) is 11.8 Å². The Hall–Kier alpha value is -1.77. The molecule has 0 radical (unpaired) electrons. The van der Waals surface area contributed by atoms with Gasteiger partial charge in [-0.15, -0.1) is 0 Å². The molecule has 1 aromatic heterocycles. The van der Waals surface area contributed by atoms with Gasteiger partial charge in [-0.2, -0.15) is 0 Å². The van der Waals surface area contributed by atoms with Crippen molar-refractivity contribution < 1.29 is 0 Å². The zero-order valence-electron chi connectivity index (χ0n) is 12.5. The molecule has 0 bridgehead atoms. The van der Waals surface area contributed by atoms with E-state index in [-0.39, 0.29) is 0 Å². The van der Waals surface area contributed by atoms with E-state index in [1.807, 2.05) is 18.3 Å². The van der Waals surface area contributed by atoms with Crippen molar-refractivity contribution in [2.45, 2.75) is 33.2 Å². The van der Waals surface area contributed by atoms with Crippen LogP contribution < -0.4 is 10.6 Å². The molecular formula is C17H23N3. The molecule has 1 fully saturated rings. The molecule has 3 rings (SSSR count). The third-order valence-corrected chi connectivity index (χ3v) is 4.65. The number of nitrogens with zero attached hydrogens (tertiary/aromatic N) is 2. The summed E-state index contributed by atoms with van der Waals surface area (Å²) in [6, 6.07) is 8.73. The fraction of sp³-hybridized carbons (Fsp3) is 0.471. The summed E-state index contributed by atoms with van der Waals surface area (Å²) in [6.07, 6.45) is 3.21. The van der Waals surface area contributed by atoms with E-state index in [0.717, 1.165) is 29.6 Å². The van der Waals surface area contributed by atoms with Crippen molar-refractivity contribution in [3.63, 3.8) is 0 Å². The van der Waals surface area contributed by atoms with E-state index in [1.165, 1.54) is 17.5 Å². The Balaban J connectivity index is 2.09. The number of fused-ring (bicyclic) bond motifs is 1. The SMILES string of the molecule is CC1CC(C)C(C)N(c2ccnc3cc(N)ccc23)C1. The van der Waals surface area contributed by atoms with Crippen molar-refractivity contribution in [2.75, 3.05) is 17.2 Å². The van der Waals surface area contributed by atoms with Crippen LogP contribution in [0.25, 0.3) is 10.9 Å². The van der Waals surface area contributed by atoms with E-state index < -0.39 is 0 Å². The minimum atomic E-state index is 0.564. The van der Waals surface area contributed by atoms with Crippen LogP contribution in [0.15, 0.2) is 30.5 Å². The highest BCUT2D eigenvalue weighted by Gasteiger charge is 2.29. The van der Waals surface area contributed by atoms with Gasteiger partial charge < -0.3 is 10.6 Å². The van der Waals surface area contributed by atoms with Crippen LogP contribution >= 0.6 is 0 Å². The number of piperidine rings is 1. The molecular weight excluding hydrogens is 246 g/mol. The molecule has 1 aliphatic heterocycles. The second-order valence-electron chi connectivity index (χ2n) is 6.32. The third kappa shape index (κ3) is 2.21. The number of nitrogen functional groups attached to an aromatic ring is 1. The number of nitrogens with two attached hydrogens (primary N) is 1. The standard InChI is InChI=1S/C17H23N3/c1-11-8-12(2)13(3)20(10-11)17-6-7-19-16-9-14(18)4-5-15(16)17/h4-7,9,11-13H,8,10,18H2,1-3H3. The Labute approximate surface area is 120 Å². The lowest BCUT2D eigenvalue weighted by Gasteiger charge is -2.43. The van der Waals surface area contributed by atoms with Gasteiger partial charge in [0.05, 0.1) is 5.52 Å². The molecule has 3 heteroatoms. The normalized spacial score (nSPS) is 26.9. The minimum Gasteiger partial charge on any atom is -0.399 e. The maximum Gasteiger partial charge on any atom is 0.0743 e. The number of hydrogen-bond acceptors (Lipinski definition) is 3. The van der Waals surface area contributed by atoms with Crippen molar-refractivity contribution in [1.82, 2.24) is 4.98 Å². The molecule has 0 spiro atoms. The predicted molar refractivity (Wildman–Crippen MR) is 85.9 cm³/mol. The van der Waals surface area contributed by atoms with Crippen molar-refractivity contribution in [3.8, 4) is 0 Å². The van der Waals surface area contributed by atoms with E-state index >= 15 is 0 Å². The van der Waals surface area contributed by atoms with Gasteiger partial charge in [0, 0.05) is 35.5 Å². The van der Waals surface area contributed by atoms with Crippen molar-refractivity contribution in [3.05, 3.63) is 30.5 Å². The summed E-state index contributed by atoms with van der Waals surface area (Å²) >= 11 is 0. The lowest BCUT2D eigenvalue weighted by atomic mass is 9.85. The van der Waals surface area contributed by atoms with Gasteiger partial charge in [-0.25, -0.2) is 0 Å².